The smallest absolute Gasteiger partial charge is 0.421 e. The van der Waals surface area contributed by atoms with Crippen LogP contribution in [0.25, 0.3) is 4.13 Å². The van der Waals surface area contributed by atoms with E-state index in [2.05, 4.69) is 13.8 Å². The second kappa shape index (κ2) is 13.3. The van der Waals surface area contributed by atoms with E-state index < -0.39 is 39.9 Å². The molecule has 1 aliphatic heterocycles. The van der Waals surface area contributed by atoms with Crippen molar-refractivity contribution in [3.63, 3.8) is 0 Å². The van der Waals surface area contributed by atoms with Gasteiger partial charge in [-0.1, -0.05) is 13.8 Å². The molecular weight excluding hydrogens is 550 g/mol. The third-order valence-electron chi connectivity index (χ3n) is 5.35. The highest BCUT2D eigenvalue weighted by Crippen LogP contribution is 2.36. The van der Waals surface area contributed by atoms with Crippen LogP contribution in [0.1, 0.15) is 39.5 Å². The Balaban J connectivity index is 0.000000691. The van der Waals surface area contributed by atoms with Gasteiger partial charge in [-0.3, -0.25) is 0 Å². The van der Waals surface area contributed by atoms with Gasteiger partial charge in [-0.05, 0) is 12.8 Å². The Morgan fingerprint density at radius 1 is 0.829 bits per heavy atom. The molecule has 0 unspecified atom stereocenters. The summed E-state index contributed by atoms with van der Waals surface area (Å²) in [6.45, 7) is 10.1. The largest absolute Gasteiger partial charge is 0.500 e. The molecule has 0 N–H and O–H groups in total. The molecule has 0 aliphatic carbocycles. The molecule has 0 aromatic heterocycles. The number of quaternary nitrogens is 1. The van der Waals surface area contributed by atoms with Crippen molar-refractivity contribution in [2.24, 2.45) is 5.92 Å². The molecule has 1 fully saturated rings. The summed E-state index contributed by atoms with van der Waals surface area (Å²) in [7, 11) is -10.7. The lowest BCUT2D eigenvalue weighted by molar-refractivity contribution is -0.919. The summed E-state index contributed by atoms with van der Waals surface area (Å²) < 4.78 is 127. The van der Waals surface area contributed by atoms with Gasteiger partial charge in [0.1, 0.15) is 0 Å². The van der Waals surface area contributed by atoms with Gasteiger partial charge in [-0.15, -0.1) is 0 Å². The fraction of sp³-hybridized carbons (Fsp3) is 1.00. The summed E-state index contributed by atoms with van der Waals surface area (Å²) in [5.41, 5.74) is -12.4. The molecular formula is C17H34F6N2O7S2Si. The van der Waals surface area contributed by atoms with Crippen LogP contribution in [-0.2, 0) is 33.3 Å². The Morgan fingerprint density at radius 3 is 1.54 bits per heavy atom. The van der Waals surface area contributed by atoms with E-state index in [-0.39, 0.29) is 0 Å². The number of hydrogen-bond donors (Lipinski definition) is 0. The van der Waals surface area contributed by atoms with Gasteiger partial charge < -0.3 is 21.9 Å². The fourth-order valence-electron chi connectivity index (χ4n) is 3.84. The van der Waals surface area contributed by atoms with Crippen LogP contribution in [-0.4, -0.2) is 88.6 Å². The Kier molecular flexibility index (Phi) is 13.1. The lowest BCUT2D eigenvalue weighted by atomic mass is 10.1. The number of halogens is 6. The van der Waals surface area contributed by atoms with Gasteiger partial charge in [0, 0.05) is 46.1 Å². The number of nitrogens with zero attached hydrogens (tertiary/aromatic N) is 2. The first-order chi connectivity index (χ1) is 15.7. The standard InChI is InChI=1S/C15H34NO3Si.C2F6NO4S2/c1-15(2)14-16(10-6-7-11-16)12-8-9-13-20(17-3,18-4)19-5;3-1(4,5)14(10,11)9-15(12,13)2(6,7)8/h15H,6-14H2,1-5H3;/q+1;-1. The van der Waals surface area contributed by atoms with Crippen molar-refractivity contribution in [1.29, 1.82) is 0 Å². The summed E-state index contributed by atoms with van der Waals surface area (Å²) in [4.78, 5) is 0. The quantitative estimate of drug-likeness (QED) is 0.148. The van der Waals surface area contributed by atoms with Crippen LogP contribution in [0.5, 0.6) is 0 Å². The lowest BCUT2D eigenvalue weighted by Crippen LogP contribution is -2.48. The second-order valence-corrected chi connectivity index (χ2v) is 15.0. The average molecular weight is 585 g/mol. The summed E-state index contributed by atoms with van der Waals surface area (Å²) in [5.74, 6) is 0.790. The van der Waals surface area contributed by atoms with Gasteiger partial charge >= 0.3 is 19.8 Å². The van der Waals surface area contributed by atoms with Crippen molar-refractivity contribution in [3.8, 4) is 0 Å². The first-order valence-electron chi connectivity index (χ1n) is 10.6. The Labute approximate surface area is 204 Å². The Bertz CT molecular complexity index is 792. The molecule has 0 aromatic rings. The minimum absolute atomic E-state index is 0.778. The topological polar surface area (TPSA) is 110 Å². The van der Waals surface area contributed by atoms with E-state index >= 15 is 0 Å². The van der Waals surface area contributed by atoms with E-state index in [9.17, 15) is 43.2 Å². The van der Waals surface area contributed by atoms with Crippen molar-refractivity contribution in [2.75, 3.05) is 47.5 Å². The molecule has 0 saturated carbocycles. The monoisotopic (exact) mass is 584 g/mol. The van der Waals surface area contributed by atoms with Crippen LogP contribution < -0.4 is 0 Å². The van der Waals surface area contributed by atoms with Crippen LogP contribution in [0.4, 0.5) is 26.3 Å². The zero-order valence-corrected chi connectivity index (χ0v) is 22.9. The van der Waals surface area contributed by atoms with Crippen LogP contribution >= 0.6 is 0 Å². The van der Waals surface area contributed by atoms with Gasteiger partial charge in [0.2, 0.25) is 0 Å². The SMILES string of the molecule is CO[Si](CCCC[N+]1(CC(C)C)CCCC1)(OC)OC.O=S(=O)([N-]S(=O)(=O)C(F)(F)F)C(F)(F)F. The number of alkyl halides is 6. The summed E-state index contributed by atoms with van der Waals surface area (Å²) >= 11 is 0. The zero-order chi connectivity index (χ0) is 27.8. The summed E-state index contributed by atoms with van der Waals surface area (Å²) in [5, 5.41) is 0. The van der Waals surface area contributed by atoms with Crippen molar-refractivity contribution in [2.45, 2.75) is 56.6 Å². The minimum Gasteiger partial charge on any atom is -0.421 e. The lowest BCUT2D eigenvalue weighted by Gasteiger charge is -2.36. The number of sulfonamides is 2. The fourth-order valence-corrected chi connectivity index (χ4v) is 7.34. The summed E-state index contributed by atoms with van der Waals surface area (Å²) in [6.07, 6.45) is 5.19. The third kappa shape index (κ3) is 10.8. The van der Waals surface area contributed by atoms with E-state index in [0.29, 0.717) is 0 Å². The number of rotatable bonds is 12. The summed E-state index contributed by atoms with van der Waals surface area (Å²) in [6, 6.07) is 0.929. The van der Waals surface area contributed by atoms with Gasteiger partial charge in [0.15, 0.2) is 20.0 Å². The van der Waals surface area contributed by atoms with Gasteiger partial charge in [-0.2, -0.15) is 26.3 Å². The highest BCUT2D eigenvalue weighted by Gasteiger charge is 2.47. The first kappa shape index (κ1) is 34.5. The van der Waals surface area contributed by atoms with Gasteiger partial charge in [0.05, 0.1) is 26.2 Å². The molecule has 0 amide bonds. The van der Waals surface area contributed by atoms with E-state index in [4.69, 9.17) is 13.3 Å². The average Bonchev–Trinajstić information content (AvgIpc) is 3.14. The zero-order valence-electron chi connectivity index (χ0n) is 20.3. The molecule has 9 nitrogen and oxygen atoms in total. The Morgan fingerprint density at radius 2 is 1.23 bits per heavy atom. The van der Waals surface area contributed by atoms with Crippen molar-refractivity contribution >= 4 is 28.9 Å². The highest BCUT2D eigenvalue weighted by molar-refractivity contribution is 8.13. The molecule has 0 atom stereocenters. The predicted molar refractivity (Wildman–Crippen MR) is 118 cm³/mol. The Hall–Kier alpha value is -0.503. The van der Waals surface area contributed by atoms with Gasteiger partial charge in [0.25, 0.3) is 0 Å². The van der Waals surface area contributed by atoms with Crippen molar-refractivity contribution in [1.82, 2.24) is 0 Å². The van der Waals surface area contributed by atoms with Gasteiger partial charge in [-0.25, -0.2) is 16.8 Å². The third-order valence-corrected chi connectivity index (χ3v) is 10.9. The van der Waals surface area contributed by atoms with E-state index in [1.165, 1.54) is 49.9 Å². The molecule has 212 valence electrons. The minimum atomic E-state index is -6.72. The molecule has 0 spiro atoms. The molecule has 0 aromatic carbocycles. The van der Waals surface area contributed by atoms with Crippen LogP contribution in [0.15, 0.2) is 0 Å². The molecule has 0 radical (unpaired) electrons. The van der Waals surface area contributed by atoms with Crippen molar-refractivity contribution < 1.29 is 60.9 Å². The maximum absolute atomic E-state index is 11.4. The molecule has 35 heavy (non-hydrogen) atoms. The number of hydrogen-bond acceptors (Lipinski definition) is 7. The normalized spacial score (nSPS) is 17.4. The maximum Gasteiger partial charge on any atom is 0.500 e. The first-order valence-corrected chi connectivity index (χ1v) is 15.4. The second-order valence-electron chi connectivity index (χ2n) is 8.46. The molecule has 1 saturated heterocycles. The molecule has 0 bridgehead atoms. The molecule has 1 rings (SSSR count). The predicted octanol–water partition coefficient (Wildman–Crippen LogP) is 3.97. The van der Waals surface area contributed by atoms with Crippen LogP contribution in [0.2, 0.25) is 6.04 Å². The van der Waals surface area contributed by atoms with E-state index in [0.717, 1.165) is 22.5 Å². The molecule has 18 heteroatoms. The van der Waals surface area contributed by atoms with Crippen molar-refractivity contribution in [3.05, 3.63) is 4.13 Å². The van der Waals surface area contributed by atoms with Crippen LogP contribution in [0.3, 0.4) is 0 Å². The molecule has 1 aliphatic rings. The molecule has 1 heterocycles. The maximum atomic E-state index is 11.4. The van der Waals surface area contributed by atoms with Crippen LogP contribution in [0, 0.1) is 5.92 Å². The number of unbranched alkanes of at least 4 members (excludes halogenated alkanes) is 1. The highest BCUT2D eigenvalue weighted by atomic mass is 32.3. The van der Waals surface area contributed by atoms with E-state index in [1.807, 2.05) is 0 Å². The van der Waals surface area contributed by atoms with E-state index in [1.54, 1.807) is 21.3 Å². The number of likely N-dealkylation sites (tertiary alicyclic amines) is 1.